The van der Waals surface area contributed by atoms with Crippen molar-refractivity contribution in [2.24, 2.45) is 0 Å². The third-order valence-corrected chi connectivity index (χ3v) is 4.80. The third-order valence-electron chi connectivity index (χ3n) is 4.07. The molecule has 0 aromatic heterocycles. The summed E-state index contributed by atoms with van der Waals surface area (Å²) >= 11 is 12.3. The second-order valence-electron chi connectivity index (χ2n) is 6.18. The first kappa shape index (κ1) is 20.5. The van der Waals surface area contributed by atoms with Crippen LogP contribution in [0.4, 0.5) is 8.78 Å². The van der Waals surface area contributed by atoms with Crippen molar-refractivity contribution in [2.75, 3.05) is 7.11 Å². The van der Waals surface area contributed by atoms with Crippen LogP contribution in [0.25, 0.3) is 0 Å². The van der Waals surface area contributed by atoms with Gasteiger partial charge in [0.15, 0.2) is 0 Å². The molecule has 0 unspecified atom stereocenters. The Balaban J connectivity index is 2.47. The van der Waals surface area contributed by atoms with Crippen LogP contribution in [0.3, 0.4) is 0 Å². The highest BCUT2D eigenvalue weighted by Gasteiger charge is 2.21. The zero-order valence-electron chi connectivity index (χ0n) is 14.5. The molecule has 2 aromatic carbocycles. The number of carbonyl (C=O) groups is 1. The monoisotopic (exact) mass is 402 g/mol. The summed E-state index contributed by atoms with van der Waals surface area (Å²) in [6.45, 7) is 3.51. The lowest BCUT2D eigenvalue weighted by atomic mass is 9.95. The van der Waals surface area contributed by atoms with Gasteiger partial charge in [0.1, 0.15) is 17.4 Å². The number of hydrogen-bond donors (Lipinski definition) is 1. The molecule has 26 heavy (non-hydrogen) atoms. The zero-order valence-corrected chi connectivity index (χ0v) is 16.0. The molecule has 0 aliphatic carbocycles. The summed E-state index contributed by atoms with van der Waals surface area (Å²) < 4.78 is 33.7. The van der Waals surface area contributed by atoms with Gasteiger partial charge in [-0.3, -0.25) is 4.79 Å². The number of phenolic OH excluding ortho intramolecular Hbond substituents is 1. The lowest BCUT2D eigenvalue weighted by Gasteiger charge is -2.15. The van der Waals surface area contributed by atoms with Gasteiger partial charge >= 0.3 is 5.97 Å². The number of benzene rings is 2. The van der Waals surface area contributed by atoms with Crippen LogP contribution >= 0.6 is 23.2 Å². The Labute approximate surface area is 160 Å². The molecule has 0 aliphatic heterocycles. The summed E-state index contributed by atoms with van der Waals surface area (Å²) in [6.07, 6.45) is -0.369. The van der Waals surface area contributed by atoms with Gasteiger partial charge in [-0.2, -0.15) is 0 Å². The Kier molecular flexibility index (Phi) is 6.48. The van der Waals surface area contributed by atoms with Crippen molar-refractivity contribution in [3.63, 3.8) is 0 Å². The van der Waals surface area contributed by atoms with Gasteiger partial charge in [0.25, 0.3) is 0 Å². The summed E-state index contributed by atoms with van der Waals surface area (Å²) in [4.78, 5) is 11.4. The van der Waals surface area contributed by atoms with E-state index in [1.54, 1.807) is 13.8 Å². The average molecular weight is 403 g/mol. The molecule has 0 bridgehead atoms. The summed E-state index contributed by atoms with van der Waals surface area (Å²) in [7, 11) is 1.19. The van der Waals surface area contributed by atoms with Gasteiger partial charge in [-0.1, -0.05) is 43.1 Å². The van der Waals surface area contributed by atoms with Gasteiger partial charge in [0.2, 0.25) is 0 Å². The molecule has 2 rings (SSSR count). The van der Waals surface area contributed by atoms with E-state index in [1.807, 2.05) is 0 Å². The van der Waals surface area contributed by atoms with Crippen LogP contribution in [0.5, 0.6) is 5.75 Å². The fourth-order valence-electron chi connectivity index (χ4n) is 2.70. The van der Waals surface area contributed by atoms with Crippen LogP contribution in [0.15, 0.2) is 18.2 Å². The highest BCUT2D eigenvalue weighted by molar-refractivity contribution is 6.36. The minimum absolute atomic E-state index is 0.00430. The quantitative estimate of drug-likeness (QED) is 0.537. The fourth-order valence-corrected chi connectivity index (χ4v) is 3.34. The highest BCUT2D eigenvalue weighted by atomic mass is 35.5. The number of halogens is 4. The van der Waals surface area contributed by atoms with Crippen molar-refractivity contribution in [1.82, 2.24) is 0 Å². The molecule has 0 saturated carbocycles. The molecule has 0 atom stereocenters. The van der Waals surface area contributed by atoms with Crippen molar-refractivity contribution in [3.05, 3.63) is 62.1 Å². The number of phenols is 1. The van der Waals surface area contributed by atoms with Crippen molar-refractivity contribution in [3.8, 4) is 5.75 Å². The number of methoxy groups -OCH3 is 1. The second kappa shape index (κ2) is 8.23. The molecule has 2 aromatic rings. The first-order chi connectivity index (χ1) is 12.2. The maximum absolute atomic E-state index is 14.7. The number of hydrogen-bond acceptors (Lipinski definition) is 3. The predicted octanol–water partition coefficient (Wildman–Crippen LogP) is 5.41. The summed E-state index contributed by atoms with van der Waals surface area (Å²) in [5.74, 6) is -2.38. The van der Waals surface area contributed by atoms with Crippen molar-refractivity contribution >= 4 is 29.2 Å². The van der Waals surface area contributed by atoms with Gasteiger partial charge < -0.3 is 9.84 Å². The van der Waals surface area contributed by atoms with E-state index in [-0.39, 0.29) is 56.8 Å². The molecular weight excluding hydrogens is 385 g/mol. The van der Waals surface area contributed by atoms with E-state index in [4.69, 9.17) is 23.2 Å². The first-order valence-electron chi connectivity index (χ1n) is 7.89. The lowest BCUT2D eigenvalue weighted by Crippen LogP contribution is -2.08. The van der Waals surface area contributed by atoms with E-state index < -0.39 is 17.6 Å². The van der Waals surface area contributed by atoms with Gasteiger partial charge in [0.05, 0.1) is 18.6 Å². The molecule has 0 amide bonds. The largest absolute Gasteiger partial charge is 0.508 e. The maximum Gasteiger partial charge on any atom is 0.310 e. The molecule has 3 nitrogen and oxygen atoms in total. The summed E-state index contributed by atoms with van der Waals surface area (Å²) in [5.41, 5.74) is 0.622. The number of esters is 1. The molecule has 0 saturated heterocycles. The Hall–Kier alpha value is -1.85. The maximum atomic E-state index is 14.7. The van der Waals surface area contributed by atoms with Gasteiger partial charge in [-0.25, -0.2) is 8.78 Å². The Morgan fingerprint density at radius 3 is 2.42 bits per heavy atom. The lowest BCUT2D eigenvalue weighted by molar-refractivity contribution is -0.139. The normalized spacial score (nSPS) is 11.1. The molecule has 7 heteroatoms. The summed E-state index contributed by atoms with van der Waals surface area (Å²) in [5, 5.41) is 9.70. The molecule has 0 radical (unpaired) electrons. The molecule has 1 N–H and O–H groups in total. The smallest absolute Gasteiger partial charge is 0.310 e. The molecular formula is C19H18Cl2F2O3. The van der Waals surface area contributed by atoms with Crippen LogP contribution in [0.1, 0.15) is 42.0 Å². The van der Waals surface area contributed by atoms with Crippen molar-refractivity contribution in [2.45, 2.75) is 32.6 Å². The van der Waals surface area contributed by atoms with E-state index in [1.165, 1.54) is 25.3 Å². The zero-order chi connectivity index (χ0) is 19.6. The molecule has 0 aliphatic rings. The van der Waals surface area contributed by atoms with Gasteiger partial charge in [-0.05, 0) is 29.2 Å². The van der Waals surface area contributed by atoms with Crippen LogP contribution in [-0.4, -0.2) is 18.2 Å². The van der Waals surface area contributed by atoms with E-state index in [9.17, 15) is 18.7 Å². The van der Waals surface area contributed by atoms with Crippen LogP contribution < -0.4 is 0 Å². The number of rotatable bonds is 5. The highest BCUT2D eigenvalue weighted by Crippen LogP contribution is 2.35. The SMILES string of the molecule is COC(=O)Cc1cc(Cl)c(Cc2ccc(O)c(C(C)C)c2F)c(Cl)c1F. The van der Waals surface area contributed by atoms with E-state index in [2.05, 4.69) is 4.74 Å². The molecule has 140 valence electrons. The Morgan fingerprint density at radius 2 is 1.85 bits per heavy atom. The minimum Gasteiger partial charge on any atom is -0.508 e. The van der Waals surface area contributed by atoms with Crippen LogP contribution in [-0.2, 0) is 22.4 Å². The molecule has 0 fully saturated rings. The van der Waals surface area contributed by atoms with E-state index >= 15 is 0 Å². The van der Waals surface area contributed by atoms with Crippen LogP contribution in [0.2, 0.25) is 10.0 Å². The van der Waals surface area contributed by atoms with Gasteiger partial charge in [-0.15, -0.1) is 0 Å². The minimum atomic E-state index is -0.792. The standard InChI is InChI=1S/C19H18Cl2F2O3/c1-9(2)16-14(24)5-4-10(18(16)22)6-12-13(20)7-11(8-15(25)26-3)19(23)17(12)21/h4-5,7,9,24H,6,8H2,1-3H3. The van der Waals surface area contributed by atoms with E-state index in [0.29, 0.717) is 0 Å². The molecule has 0 spiro atoms. The first-order valence-corrected chi connectivity index (χ1v) is 8.65. The van der Waals surface area contributed by atoms with E-state index in [0.717, 1.165) is 0 Å². The van der Waals surface area contributed by atoms with Crippen molar-refractivity contribution in [1.29, 1.82) is 0 Å². The molecule has 0 heterocycles. The van der Waals surface area contributed by atoms with Crippen molar-refractivity contribution < 1.29 is 23.4 Å². The fraction of sp³-hybridized carbons (Fsp3) is 0.316. The number of carbonyl (C=O) groups excluding carboxylic acids is 1. The predicted molar refractivity (Wildman–Crippen MR) is 97.1 cm³/mol. The topological polar surface area (TPSA) is 46.5 Å². The number of ether oxygens (including phenoxy) is 1. The Morgan fingerprint density at radius 1 is 1.19 bits per heavy atom. The summed E-state index contributed by atoms with van der Waals surface area (Å²) in [6, 6.07) is 4.08. The van der Waals surface area contributed by atoms with Gasteiger partial charge in [0, 0.05) is 22.6 Å². The third kappa shape index (κ3) is 4.10. The van der Waals surface area contributed by atoms with Crippen LogP contribution in [0, 0.1) is 11.6 Å². The number of aromatic hydroxyl groups is 1. The Bertz CT molecular complexity index is 851. The second-order valence-corrected chi connectivity index (χ2v) is 6.97. The average Bonchev–Trinajstić information content (AvgIpc) is 2.57.